The number of carbonyl (C=O) groups is 1. The number of aromatic amines is 1. The number of nitrogens with one attached hydrogen (secondary N) is 1. The smallest absolute Gasteiger partial charge is 0.140 e. The van der Waals surface area contributed by atoms with Gasteiger partial charge in [-0.05, 0) is 36.8 Å². The lowest BCUT2D eigenvalue weighted by atomic mass is 9.95. The molecule has 0 saturated heterocycles. The molecular formula is C23H22N2O. The van der Waals surface area contributed by atoms with Crippen LogP contribution in [-0.2, 0) is 17.6 Å². The monoisotopic (exact) mass is 342 g/mol. The molecule has 1 atom stereocenters. The van der Waals surface area contributed by atoms with E-state index in [0.29, 0.717) is 12.8 Å². The molecule has 1 aromatic heterocycles. The van der Waals surface area contributed by atoms with E-state index in [2.05, 4.69) is 40.9 Å². The Bertz CT molecular complexity index is 911. The SMILES string of the molecule is Cc1ccc(C#Cc2ccc(CC(=O)[C@@H](C)Cc3c[nH]cn3)cc2)cc1. The van der Waals surface area contributed by atoms with Crippen LogP contribution in [0.1, 0.15) is 34.9 Å². The van der Waals surface area contributed by atoms with Crippen molar-refractivity contribution < 1.29 is 4.79 Å². The molecule has 3 rings (SSSR count). The van der Waals surface area contributed by atoms with Crippen molar-refractivity contribution in [1.29, 1.82) is 0 Å². The number of ketones is 1. The summed E-state index contributed by atoms with van der Waals surface area (Å²) in [6, 6.07) is 16.1. The lowest BCUT2D eigenvalue weighted by molar-refractivity contribution is -0.121. The zero-order valence-electron chi connectivity index (χ0n) is 15.1. The Hall–Kier alpha value is -3.12. The highest BCUT2D eigenvalue weighted by molar-refractivity contribution is 5.83. The quantitative estimate of drug-likeness (QED) is 0.709. The van der Waals surface area contributed by atoms with E-state index in [1.807, 2.05) is 49.5 Å². The van der Waals surface area contributed by atoms with Crippen LogP contribution in [0.15, 0.2) is 61.1 Å². The zero-order chi connectivity index (χ0) is 18.4. The summed E-state index contributed by atoms with van der Waals surface area (Å²) in [7, 11) is 0. The van der Waals surface area contributed by atoms with Gasteiger partial charge in [-0.1, -0.05) is 48.6 Å². The predicted octanol–water partition coefficient (Wildman–Crippen LogP) is 4.11. The molecule has 0 saturated carbocycles. The molecule has 0 aliphatic carbocycles. The van der Waals surface area contributed by atoms with Crippen molar-refractivity contribution in [2.75, 3.05) is 0 Å². The molecule has 0 radical (unpaired) electrons. The molecule has 3 aromatic rings. The highest BCUT2D eigenvalue weighted by atomic mass is 16.1. The van der Waals surface area contributed by atoms with Crippen molar-refractivity contribution in [3.63, 3.8) is 0 Å². The normalized spacial score (nSPS) is 11.5. The summed E-state index contributed by atoms with van der Waals surface area (Å²) < 4.78 is 0. The first-order valence-electron chi connectivity index (χ1n) is 8.78. The van der Waals surface area contributed by atoms with Gasteiger partial charge in [-0.2, -0.15) is 0 Å². The average Bonchev–Trinajstić information content (AvgIpc) is 3.15. The van der Waals surface area contributed by atoms with E-state index >= 15 is 0 Å². The van der Waals surface area contributed by atoms with Crippen molar-refractivity contribution in [2.45, 2.75) is 26.7 Å². The third-order valence-corrected chi connectivity index (χ3v) is 4.35. The average molecular weight is 342 g/mol. The van der Waals surface area contributed by atoms with E-state index in [1.165, 1.54) is 5.56 Å². The summed E-state index contributed by atoms with van der Waals surface area (Å²) in [5, 5.41) is 0. The van der Waals surface area contributed by atoms with Crippen LogP contribution in [0.25, 0.3) is 0 Å². The fraction of sp³-hybridized carbons (Fsp3) is 0.217. The third-order valence-electron chi connectivity index (χ3n) is 4.35. The van der Waals surface area contributed by atoms with Crippen LogP contribution in [0.2, 0.25) is 0 Å². The lowest BCUT2D eigenvalue weighted by Gasteiger charge is -2.09. The van der Waals surface area contributed by atoms with Gasteiger partial charge in [0.15, 0.2) is 0 Å². The maximum Gasteiger partial charge on any atom is 0.140 e. The minimum absolute atomic E-state index is 0.0423. The van der Waals surface area contributed by atoms with E-state index in [0.717, 1.165) is 22.4 Å². The van der Waals surface area contributed by atoms with E-state index in [1.54, 1.807) is 6.33 Å². The molecule has 0 unspecified atom stereocenters. The first kappa shape index (κ1) is 17.7. The van der Waals surface area contributed by atoms with Gasteiger partial charge < -0.3 is 4.98 Å². The number of carbonyl (C=O) groups excluding carboxylic acids is 1. The first-order valence-corrected chi connectivity index (χ1v) is 8.78. The molecular weight excluding hydrogens is 320 g/mol. The van der Waals surface area contributed by atoms with Gasteiger partial charge in [0.25, 0.3) is 0 Å². The second kappa shape index (κ2) is 8.31. The van der Waals surface area contributed by atoms with Crippen molar-refractivity contribution in [2.24, 2.45) is 5.92 Å². The Morgan fingerprint density at radius 3 is 2.23 bits per heavy atom. The maximum absolute atomic E-state index is 12.4. The Kier molecular flexibility index (Phi) is 5.66. The van der Waals surface area contributed by atoms with Crippen LogP contribution >= 0.6 is 0 Å². The van der Waals surface area contributed by atoms with Crippen LogP contribution in [-0.4, -0.2) is 15.8 Å². The fourth-order valence-electron chi connectivity index (χ4n) is 2.69. The Balaban J connectivity index is 1.59. The van der Waals surface area contributed by atoms with Gasteiger partial charge in [0, 0.05) is 36.1 Å². The van der Waals surface area contributed by atoms with Gasteiger partial charge in [-0.25, -0.2) is 4.98 Å². The molecule has 0 fully saturated rings. The Morgan fingerprint density at radius 1 is 1.04 bits per heavy atom. The second-order valence-corrected chi connectivity index (χ2v) is 6.62. The Labute approximate surface area is 154 Å². The van der Waals surface area contributed by atoms with Crippen LogP contribution in [0.4, 0.5) is 0 Å². The summed E-state index contributed by atoms with van der Waals surface area (Å²) >= 11 is 0. The number of aromatic nitrogens is 2. The lowest BCUT2D eigenvalue weighted by Crippen LogP contribution is -2.16. The van der Waals surface area contributed by atoms with E-state index in [4.69, 9.17) is 0 Å². The molecule has 0 aliphatic rings. The Morgan fingerprint density at radius 2 is 1.65 bits per heavy atom. The number of benzene rings is 2. The first-order chi connectivity index (χ1) is 12.6. The van der Waals surface area contributed by atoms with Gasteiger partial charge in [-0.3, -0.25) is 4.79 Å². The number of H-pyrrole nitrogens is 1. The highest BCUT2D eigenvalue weighted by Crippen LogP contribution is 2.12. The van der Waals surface area contributed by atoms with E-state index < -0.39 is 0 Å². The van der Waals surface area contributed by atoms with E-state index in [9.17, 15) is 4.79 Å². The summed E-state index contributed by atoms with van der Waals surface area (Å²) in [4.78, 5) is 19.5. The molecule has 1 N–H and O–H groups in total. The second-order valence-electron chi connectivity index (χ2n) is 6.62. The van der Waals surface area contributed by atoms with Crippen LogP contribution in [0.3, 0.4) is 0 Å². The minimum Gasteiger partial charge on any atom is -0.351 e. The molecule has 3 nitrogen and oxygen atoms in total. The standard InChI is InChI=1S/C23H22N2O/c1-17-3-5-19(6-4-17)7-8-20-9-11-21(12-10-20)14-23(26)18(2)13-22-15-24-16-25-22/h3-6,9-12,15-16,18H,13-14H2,1-2H3,(H,24,25)/t18-/m0/s1. The number of hydrogen-bond acceptors (Lipinski definition) is 2. The molecule has 130 valence electrons. The number of Topliss-reactive ketones (excluding diaryl/α,β-unsaturated/α-hetero) is 1. The molecule has 0 amide bonds. The number of aryl methyl sites for hydroxylation is 1. The minimum atomic E-state index is -0.0423. The van der Waals surface area contributed by atoms with Crippen molar-refractivity contribution >= 4 is 5.78 Å². The molecule has 26 heavy (non-hydrogen) atoms. The maximum atomic E-state index is 12.4. The summed E-state index contributed by atoms with van der Waals surface area (Å²) in [6.07, 6.45) is 4.59. The van der Waals surface area contributed by atoms with Crippen molar-refractivity contribution in [3.05, 3.63) is 89.0 Å². The van der Waals surface area contributed by atoms with Gasteiger partial charge >= 0.3 is 0 Å². The topological polar surface area (TPSA) is 45.8 Å². The van der Waals surface area contributed by atoms with Gasteiger partial charge in [0.1, 0.15) is 5.78 Å². The predicted molar refractivity (Wildman–Crippen MR) is 104 cm³/mol. The number of imidazole rings is 1. The molecule has 1 heterocycles. The molecule has 0 bridgehead atoms. The van der Waals surface area contributed by atoms with Gasteiger partial charge in [-0.15, -0.1) is 0 Å². The molecule has 3 heteroatoms. The molecule has 0 spiro atoms. The van der Waals surface area contributed by atoms with Crippen LogP contribution in [0.5, 0.6) is 0 Å². The number of hydrogen-bond donors (Lipinski definition) is 1. The number of rotatable bonds is 5. The molecule has 2 aromatic carbocycles. The number of nitrogens with zero attached hydrogens (tertiary/aromatic N) is 1. The van der Waals surface area contributed by atoms with Crippen LogP contribution < -0.4 is 0 Å². The molecule has 0 aliphatic heterocycles. The summed E-state index contributed by atoms with van der Waals surface area (Å²) in [5.41, 5.74) is 5.12. The van der Waals surface area contributed by atoms with Crippen molar-refractivity contribution in [1.82, 2.24) is 9.97 Å². The van der Waals surface area contributed by atoms with Crippen molar-refractivity contribution in [3.8, 4) is 11.8 Å². The van der Waals surface area contributed by atoms with E-state index in [-0.39, 0.29) is 11.7 Å². The van der Waals surface area contributed by atoms with Gasteiger partial charge in [0.05, 0.1) is 12.0 Å². The largest absolute Gasteiger partial charge is 0.351 e. The van der Waals surface area contributed by atoms with Gasteiger partial charge in [0.2, 0.25) is 0 Å². The third kappa shape index (κ3) is 4.94. The summed E-state index contributed by atoms with van der Waals surface area (Å²) in [6.45, 7) is 4.02. The highest BCUT2D eigenvalue weighted by Gasteiger charge is 2.15. The van der Waals surface area contributed by atoms with Crippen LogP contribution in [0, 0.1) is 24.7 Å². The fourth-order valence-corrected chi connectivity index (χ4v) is 2.69. The summed E-state index contributed by atoms with van der Waals surface area (Å²) in [5.74, 6) is 6.52. The zero-order valence-corrected chi connectivity index (χ0v) is 15.1.